The second-order valence-corrected chi connectivity index (χ2v) is 7.97. The van der Waals surface area contributed by atoms with E-state index < -0.39 is 54.2 Å². The van der Waals surface area contributed by atoms with Gasteiger partial charge in [-0.05, 0) is 24.3 Å². The molecule has 0 spiro atoms. The van der Waals surface area contributed by atoms with Crippen LogP contribution in [-0.4, -0.2) is 58.0 Å². The molecule has 0 bridgehead atoms. The molecule has 0 heterocycles. The molecule has 0 fully saturated rings. The molecule has 0 aromatic heterocycles. The van der Waals surface area contributed by atoms with E-state index in [0.717, 1.165) is 5.56 Å². The van der Waals surface area contributed by atoms with Crippen LogP contribution < -0.4 is 16.0 Å². The fourth-order valence-corrected chi connectivity index (χ4v) is 3.08. The molecule has 5 N–H and O–H groups in total. The van der Waals surface area contributed by atoms with Crippen molar-refractivity contribution in [2.75, 3.05) is 0 Å². The van der Waals surface area contributed by atoms with Gasteiger partial charge in [-0.3, -0.25) is 19.2 Å². The molecule has 10 nitrogen and oxygen atoms in total. The van der Waals surface area contributed by atoms with Crippen LogP contribution >= 0.6 is 0 Å². The Morgan fingerprint density at radius 3 is 1.91 bits per heavy atom. The summed E-state index contributed by atoms with van der Waals surface area (Å²) in [5.41, 5.74) is 0.811. The van der Waals surface area contributed by atoms with E-state index in [4.69, 9.17) is 5.11 Å². The summed E-state index contributed by atoms with van der Waals surface area (Å²) in [6, 6.07) is 5.65. The summed E-state index contributed by atoms with van der Waals surface area (Å²) in [5, 5.41) is 25.6. The fraction of sp³-hybridized carbons (Fsp3) is 0.500. The highest BCUT2D eigenvalue weighted by Crippen LogP contribution is 2.09. The van der Waals surface area contributed by atoms with Crippen LogP contribution in [0.2, 0.25) is 0 Å². The molecule has 1 aromatic rings. The number of rotatable bonds is 13. The van der Waals surface area contributed by atoms with Gasteiger partial charge >= 0.3 is 11.9 Å². The number of hydrogen-bond donors (Lipinski definition) is 5. The van der Waals surface area contributed by atoms with Gasteiger partial charge in [-0.25, -0.2) is 4.79 Å². The molecule has 1 aromatic carbocycles. The van der Waals surface area contributed by atoms with Crippen LogP contribution in [0.5, 0.6) is 0 Å². The van der Waals surface area contributed by atoms with Gasteiger partial charge in [0, 0.05) is 19.8 Å². The van der Waals surface area contributed by atoms with Gasteiger partial charge < -0.3 is 26.2 Å². The molecule has 0 unspecified atom stereocenters. The predicted molar refractivity (Wildman–Crippen MR) is 116 cm³/mol. The molecule has 3 amide bonds. The number of hydrogen-bond acceptors (Lipinski definition) is 5. The largest absolute Gasteiger partial charge is 0.481 e. The molecule has 32 heavy (non-hydrogen) atoms. The second kappa shape index (κ2) is 13.1. The van der Waals surface area contributed by atoms with Crippen LogP contribution in [0.15, 0.2) is 30.3 Å². The molecule has 0 aliphatic rings. The summed E-state index contributed by atoms with van der Waals surface area (Å²) < 4.78 is 0. The van der Waals surface area contributed by atoms with Crippen LogP contribution in [0, 0.1) is 5.92 Å². The van der Waals surface area contributed by atoms with Crippen LogP contribution in [0.25, 0.3) is 0 Å². The van der Waals surface area contributed by atoms with E-state index in [1.807, 2.05) is 19.9 Å². The Hall–Kier alpha value is -3.43. The number of carbonyl (C=O) groups excluding carboxylic acids is 3. The molecule has 176 valence electrons. The highest BCUT2D eigenvalue weighted by molar-refractivity contribution is 5.93. The van der Waals surface area contributed by atoms with Gasteiger partial charge in [0.25, 0.3) is 0 Å². The van der Waals surface area contributed by atoms with Crippen molar-refractivity contribution in [1.29, 1.82) is 0 Å². The van der Waals surface area contributed by atoms with Crippen molar-refractivity contribution in [1.82, 2.24) is 16.0 Å². The van der Waals surface area contributed by atoms with Crippen molar-refractivity contribution in [2.24, 2.45) is 5.92 Å². The fourth-order valence-electron chi connectivity index (χ4n) is 3.08. The number of carboxylic acid groups (broad SMARTS) is 2. The molecular weight excluding hydrogens is 418 g/mol. The number of amides is 3. The zero-order chi connectivity index (χ0) is 24.3. The summed E-state index contributed by atoms with van der Waals surface area (Å²) >= 11 is 0. The molecule has 0 aliphatic heterocycles. The van der Waals surface area contributed by atoms with Gasteiger partial charge in [-0.15, -0.1) is 0 Å². The predicted octanol–water partition coefficient (Wildman–Crippen LogP) is 0.699. The maximum absolute atomic E-state index is 12.9. The number of aliphatic carboxylic acids is 2. The Labute approximate surface area is 186 Å². The van der Waals surface area contributed by atoms with E-state index in [-0.39, 0.29) is 25.2 Å². The minimum Gasteiger partial charge on any atom is -0.481 e. The van der Waals surface area contributed by atoms with E-state index in [1.54, 1.807) is 24.3 Å². The number of nitrogens with one attached hydrogen (secondary N) is 3. The third-order valence-electron chi connectivity index (χ3n) is 4.58. The van der Waals surface area contributed by atoms with Crippen LogP contribution in [-0.2, 0) is 30.4 Å². The van der Waals surface area contributed by atoms with Crippen molar-refractivity contribution in [3.8, 4) is 0 Å². The molecule has 0 aliphatic carbocycles. The van der Waals surface area contributed by atoms with Crippen molar-refractivity contribution in [3.63, 3.8) is 0 Å². The Morgan fingerprint density at radius 1 is 0.844 bits per heavy atom. The summed E-state index contributed by atoms with van der Waals surface area (Å²) in [4.78, 5) is 59.4. The third-order valence-corrected chi connectivity index (χ3v) is 4.58. The smallest absolute Gasteiger partial charge is 0.326 e. The standard InChI is InChI=1S/C22H31N3O7/c1-13(2)11-17(20(29)24-16(22(31)32)9-10-19(27)28)25-21(30)18(23-14(3)26)12-15-7-5-4-6-8-15/h4-8,13,16-18H,9-12H2,1-3H3,(H,23,26)(H,24,29)(H,25,30)(H,27,28)(H,31,32)/t16-,17-,18-/m0/s1. The van der Waals surface area contributed by atoms with E-state index in [2.05, 4.69) is 16.0 Å². The summed E-state index contributed by atoms with van der Waals surface area (Å²) in [6.45, 7) is 4.95. The SMILES string of the molecule is CC(=O)N[C@@H](Cc1ccccc1)C(=O)N[C@@H](CC(C)C)C(=O)N[C@@H](CCC(=O)O)C(=O)O. The van der Waals surface area contributed by atoms with Gasteiger partial charge in [0.1, 0.15) is 18.1 Å². The Balaban J connectivity index is 2.96. The number of carboxylic acids is 2. The normalized spacial score (nSPS) is 13.5. The highest BCUT2D eigenvalue weighted by Gasteiger charge is 2.30. The first-order valence-electron chi connectivity index (χ1n) is 10.4. The number of carbonyl (C=O) groups is 5. The molecule has 0 saturated heterocycles. The van der Waals surface area contributed by atoms with E-state index in [0.29, 0.717) is 0 Å². The minimum atomic E-state index is -1.40. The van der Waals surface area contributed by atoms with E-state index in [9.17, 15) is 29.1 Å². The van der Waals surface area contributed by atoms with Crippen LogP contribution in [0.1, 0.15) is 45.6 Å². The molecule has 3 atom stereocenters. The first-order chi connectivity index (χ1) is 15.0. The maximum Gasteiger partial charge on any atom is 0.326 e. The molecule has 0 saturated carbocycles. The van der Waals surface area contributed by atoms with Gasteiger partial charge in [0.05, 0.1) is 0 Å². The highest BCUT2D eigenvalue weighted by atomic mass is 16.4. The first kappa shape index (κ1) is 26.6. The average molecular weight is 450 g/mol. The monoisotopic (exact) mass is 449 g/mol. The zero-order valence-electron chi connectivity index (χ0n) is 18.5. The summed E-state index contributed by atoms with van der Waals surface area (Å²) in [6.07, 6.45) is -0.291. The summed E-state index contributed by atoms with van der Waals surface area (Å²) in [7, 11) is 0. The third kappa shape index (κ3) is 10.1. The number of benzene rings is 1. The van der Waals surface area contributed by atoms with Crippen molar-refractivity contribution in [3.05, 3.63) is 35.9 Å². The van der Waals surface area contributed by atoms with Gasteiger partial charge in [0.2, 0.25) is 17.7 Å². The van der Waals surface area contributed by atoms with Gasteiger partial charge in [0.15, 0.2) is 0 Å². The lowest BCUT2D eigenvalue weighted by Gasteiger charge is -2.25. The van der Waals surface area contributed by atoms with Crippen LogP contribution in [0.4, 0.5) is 0 Å². The quantitative estimate of drug-likeness (QED) is 0.296. The molecule has 0 radical (unpaired) electrons. The van der Waals surface area contributed by atoms with Gasteiger partial charge in [-0.2, -0.15) is 0 Å². The van der Waals surface area contributed by atoms with E-state index in [1.165, 1.54) is 6.92 Å². The van der Waals surface area contributed by atoms with Gasteiger partial charge in [-0.1, -0.05) is 44.2 Å². The molecule has 10 heteroatoms. The topological polar surface area (TPSA) is 162 Å². The lowest BCUT2D eigenvalue weighted by molar-refractivity contribution is -0.143. The molecular formula is C22H31N3O7. The average Bonchev–Trinajstić information content (AvgIpc) is 2.69. The Kier molecular flexibility index (Phi) is 10.9. The van der Waals surface area contributed by atoms with Crippen molar-refractivity contribution >= 4 is 29.7 Å². The van der Waals surface area contributed by atoms with Crippen LogP contribution in [0.3, 0.4) is 0 Å². The lowest BCUT2D eigenvalue weighted by Crippen LogP contribution is -2.56. The summed E-state index contributed by atoms with van der Waals surface area (Å²) in [5.74, 6) is -4.29. The minimum absolute atomic E-state index is 0.0123. The first-order valence-corrected chi connectivity index (χ1v) is 10.4. The second-order valence-electron chi connectivity index (χ2n) is 7.97. The van der Waals surface area contributed by atoms with Crippen molar-refractivity contribution in [2.45, 2.75) is 64.6 Å². The zero-order valence-corrected chi connectivity index (χ0v) is 18.5. The van der Waals surface area contributed by atoms with Crippen molar-refractivity contribution < 1.29 is 34.2 Å². The van der Waals surface area contributed by atoms with E-state index >= 15 is 0 Å². The Morgan fingerprint density at radius 2 is 1.41 bits per heavy atom. The maximum atomic E-state index is 12.9. The Bertz CT molecular complexity index is 811. The molecule has 1 rings (SSSR count). The lowest BCUT2D eigenvalue weighted by atomic mass is 10.0.